The molecule has 0 aromatic carbocycles. The monoisotopic (exact) mass is 264 g/mol. The first-order valence-electron chi connectivity index (χ1n) is 8.56. The molecule has 0 saturated carbocycles. The van der Waals surface area contributed by atoms with Crippen LogP contribution in [0.15, 0.2) is 25.3 Å². The van der Waals surface area contributed by atoms with Crippen molar-refractivity contribution < 1.29 is 0 Å². The lowest BCUT2D eigenvalue weighted by Gasteiger charge is -2.12. The van der Waals surface area contributed by atoms with Gasteiger partial charge in [-0.05, 0) is 25.2 Å². The molecule has 0 aromatic heterocycles. The molecule has 0 aliphatic carbocycles. The zero-order valence-electron chi connectivity index (χ0n) is 13.3. The van der Waals surface area contributed by atoms with Gasteiger partial charge in [-0.3, -0.25) is 0 Å². The van der Waals surface area contributed by atoms with Gasteiger partial charge in [0, 0.05) is 0 Å². The number of hydrogen-bond acceptors (Lipinski definition) is 0. The van der Waals surface area contributed by atoms with E-state index in [1.54, 1.807) is 0 Å². The summed E-state index contributed by atoms with van der Waals surface area (Å²) in [4.78, 5) is 0. The van der Waals surface area contributed by atoms with Crippen molar-refractivity contribution in [3.63, 3.8) is 0 Å². The van der Waals surface area contributed by atoms with Gasteiger partial charge in [-0.25, -0.2) is 0 Å². The second kappa shape index (κ2) is 15.5. The third-order valence-corrected chi connectivity index (χ3v) is 3.97. The van der Waals surface area contributed by atoms with Gasteiger partial charge < -0.3 is 0 Å². The third kappa shape index (κ3) is 13.7. The second-order valence-corrected chi connectivity index (χ2v) is 5.89. The first-order chi connectivity index (χ1) is 9.35. The Balaban J connectivity index is 3.24. The average molecular weight is 264 g/mol. The molecule has 0 aromatic rings. The highest BCUT2D eigenvalue weighted by Crippen LogP contribution is 2.19. The van der Waals surface area contributed by atoms with Gasteiger partial charge in [0.05, 0.1) is 0 Å². The molecule has 0 heterocycles. The van der Waals surface area contributed by atoms with Crippen LogP contribution in [0.2, 0.25) is 0 Å². The molecule has 0 saturated heterocycles. The maximum Gasteiger partial charge on any atom is -0.0322 e. The molecule has 0 bridgehead atoms. The van der Waals surface area contributed by atoms with Gasteiger partial charge in [-0.15, -0.1) is 13.2 Å². The van der Waals surface area contributed by atoms with Crippen LogP contribution in [0.1, 0.15) is 90.4 Å². The lowest BCUT2D eigenvalue weighted by Crippen LogP contribution is -1.97. The Hall–Kier alpha value is -0.520. The van der Waals surface area contributed by atoms with Crippen LogP contribution >= 0.6 is 0 Å². The summed E-state index contributed by atoms with van der Waals surface area (Å²) >= 11 is 0. The van der Waals surface area contributed by atoms with E-state index in [9.17, 15) is 0 Å². The zero-order valence-corrected chi connectivity index (χ0v) is 13.3. The predicted octanol–water partition coefficient (Wildman–Crippen LogP) is 7.07. The Morgan fingerprint density at radius 1 is 0.684 bits per heavy atom. The van der Waals surface area contributed by atoms with E-state index in [0.717, 1.165) is 18.8 Å². The van der Waals surface area contributed by atoms with Crippen LogP contribution < -0.4 is 0 Å². The molecule has 0 radical (unpaired) electrons. The molecule has 112 valence electrons. The minimum atomic E-state index is 0.795. The summed E-state index contributed by atoms with van der Waals surface area (Å²) in [6, 6.07) is 0. The van der Waals surface area contributed by atoms with Gasteiger partial charge >= 0.3 is 0 Å². The first kappa shape index (κ1) is 18.5. The molecular weight excluding hydrogens is 228 g/mol. The summed E-state index contributed by atoms with van der Waals surface area (Å²) in [5.74, 6) is 0.795. The van der Waals surface area contributed by atoms with Crippen molar-refractivity contribution in [1.29, 1.82) is 0 Å². The number of rotatable bonds is 15. The van der Waals surface area contributed by atoms with Crippen LogP contribution in [0.4, 0.5) is 0 Å². The highest BCUT2D eigenvalue weighted by Gasteiger charge is 2.04. The van der Waals surface area contributed by atoms with Gasteiger partial charge in [-0.2, -0.15) is 0 Å². The van der Waals surface area contributed by atoms with E-state index in [1.807, 2.05) is 0 Å². The number of allylic oxidation sites excluding steroid dienone is 2. The van der Waals surface area contributed by atoms with E-state index in [4.69, 9.17) is 0 Å². The summed E-state index contributed by atoms with van der Waals surface area (Å²) in [7, 11) is 0. The Morgan fingerprint density at radius 2 is 1.11 bits per heavy atom. The molecule has 0 nitrogen and oxygen atoms in total. The van der Waals surface area contributed by atoms with Crippen molar-refractivity contribution in [3.05, 3.63) is 25.3 Å². The molecular formula is C19H36. The van der Waals surface area contributed by atoms with Gasteiger partial charge in [0.25, 0.3) is 0 Å². The zero-order chi connectivity index (χ0) is 14.2. The molecule has 0 heteroatoms. The lowest BCUT2D eigenvalue weighted by molar-refractivity contribution is 0.456. The van der Waals surface area contributed by atoms with Crippen LogP contribution in [0, 0.1) is 5.92 Å². The normalized spacial score (nSPS) is 10.8. The Kier molecular flexibility index (Phi) is 15.1. The van der Waals surface area contributed by atoms with Crippen molar-refractivity contribution in [3.8, 4) is 0 Å². The Morgan fingerprint density at radius 3 is 1.53 bits per heavy atom. The van der Waals surface area contributed by atoms with Crippen LogP contribution in [0.5, 0.6) is 0 Å². The fraction of sp³-hybridized carbons (Fsp3) is 0.789. The number of hydrogen-bond donors (Lipinski definition) is 0. The van der Waals surface area contributed by atoms with E-state index in [1.165, 1.54) is 70.6 Å². The van der Waals surface area contributed by atoms with Gasteiger partial charge in [0.1, 0.15) is 0 Å². The smallest absolute Gasteiger partial charge is 0.0322 e. The van der Waals surface area contributed by atoms with Gasteiger partial charge in [0.2, 0.25) is 0 Å². The standard InChI is InChI=1S/C19H36/c1-4-7-8-9-10-11-12-13-14-15-18-19(16-5-2)17-6-3/h5-6,19H,2-4,7-18H2,1H3. The van der Waals surface area contributed by atoms with Crippen LogP contribution in [0.25, 0.3) is 0 Å². The Labute approximate surface area is 122 Å². The van der Waals surface area contributed by atoms with Crippen LogP contribution in [0.3, 0.4) is 0 Å². The van der Waals surface area contributed by atoms with E-state index < -0.39 is 0 Å². The highest BCUT2D eigenvalue weighted by atomic mass is 14.1. The Bertz CT molecular complexity index is 182. The fourth-order valence-corrected chi connectivity index (χ4v) is 2.72. The van der Waals surface area contributed by atoms with Gasteiger partial charge in [-0.1, -0.05) is 83.3 Å². The lowest BCUT2D eigenvalue weighted by atomic mass is 9.94. The van der Waals surface area contributed by atoms with Crippen molar-refractivity contribution >= 4 is 0 Å². The summed E-state index contributed by atoms with van der Waals surface area (Å²) in [5, 5.41) is 0. The summed E-state index contributed by atoms with van der Waals surface area (Å²) in [6.07, 6.45) is 22.1. The maximum absolute atomic E-state index is 3.85. The van der Waals surface area contributed by atoms with E-state index in [2.05, 4.69) is 32.2 Å². The van der Waals surface area contributed by atoms with Crippen molar-refractivity contribution in [2.75, 3.05) is 0 Å². The van der Waals surface area contributed by atoms with Crippen molar-refractivity contribution in [1.82, 2.24) is 0 Å². The highest BCUT2D eigenvalue weighted by molar-refractivity contribution is 4.79. The van der Waals surface area contributed by atoms with Crippen LogP contribution in [-0.4, -0.2) is 0 Å². The largest absolute Gasteiger partial charge is 0.103 e. The quantitative estimate of drug-likeness (QED) is 0.219. The average Bonchev–Trinajstić information content (AvgIpc) is 2.41. The third-order valence-electron chi connectivity index (χ3n) is 3.97. The molecule has 0 aliphatic heterocycles. The topological polar surface area (TPSA) is 0 Å². The molecule has 0 atom stereocenters. The molecule has 0 rings (SSSR count). The minimum Gasteiger partial charge on any atom is -0.103 e. The van der Waals surface area contributed by atoms with Gasteiger partial charge in [0.15, 0.2) is 0 Å². The first-order valence-corrected chi connectivity index (χ1v) is 8.56. The molecule has 19 heavy (non-hydrogen) atoms. The van der Waals surface area contributed by atoms with Crippen molar-refractivity contribution in [2.24, 2.45) is 5.92 Å². The molecule has 0 fully saturated rings. The van der Waals surface area contributed by atoms with Crippen LogP contribution in [-0.2, 0) is 0 Å². The molecule has 0 unspecified atom stereocenters. The number of unbranched alkanes of at least 4 members (excludes halogenated alkanes) is 9. The van der Waals surface area contributed by atoms with E-state index >= 15 is 0 Å². The van der Waals surface area contributed by atoms with E-state index in [-0.39, 0.29) is 0 Å². The summed E-state index contributed by atoms with van der Waals surface area (Å²) < 4.78 is 0. The molecule has 0 amide bonds. The van der Waals surface area contributed by atoms with E-state index in [0.29, 0.717) is 0 Å². The van der Waals surface area contributed by atoms with Crippen molar-refractivity contribution in [2.45, 2.75) is 90.4 Å². The SMILES string of the molecule is C=CCC(CC=C)CCCCCCCCCCCC. The summed E-state index contributed by atoms with van der Waals surface area (Å²) in [6.45, 7) is 9.98. The maximum atomic E-state index is 3.85. The second-order valence-electron chi connectivity index (χ2n) is 5.89. The molecule has 0 N–H and O–H groups in total. The minimum absolute atomic E-state index is 0.795. The fourth-order valence-electron chi connectivity index (χ4n) is 2.72. The molecule has 0 aliphatic rings. The molecule has 0 spiro atoms. The summed E-state index contributed by atoms with van der Waals surface area (Å²) in [5.41, 5.74) is 0. The predicted molar refractivity (Wildman–Crippen MR) is 89.6 cm³/mol.